The summed E-state index contributed by atoms with van der Waals surface area (Å²) in [4.78, 5) is 18.9. The number of likely N-dealkylation sites (N-methyl/N-ethyl adjacent to an activating group) is 1. The Labute approximate surface area is 269 Å². The summed E-state index contributed by atoms with van der Waals surface area (Å²) >= 11 is 0. The van der Waals surface area contributed by atoms with Crippen molar-refractivity contribution in [2.45, 2.75) is 64.5 Å². The summed E-state index contributed by atoms with van der Waals surface area (Å²) in [5, 5.41) is 4.96. The standard InChI is InChI=1S/C34H36F2N6O2.C2H6/c1-4-13-34(14-7-16-41(34)3)20-44-33-39-30-27-31(40-33)42-17-15-37-19-22(42)12-18-43-32(27)38-29(28(30)36)24-9-6-8-21-10-11-25(35)23(5-2)26(21)24;1-2/h2,6,8-11,22,37H,4,7,12-20H2,1,3H3;1-2H3. The van der Waals surface area contributed by atoms with Gasteiger partial charge < -0.3 is 19.7 Å². The second kappa shape index (κ2) is 13.3. The molecule has 2 fully saturated rings. The highest BCUT2D eigenvalue weighted by Crippen LogP contribution is 2.42. The molecule has 5 heterocycles. The minimum absolute atomic E-state index is 0.00814. The fourth-order valence-corrected chi connectivity index (χ4v) is 7.25. The van der Waals surface area contributed by atoms with Gasteiger partial charge >= 0.3 is 6.01 Å². The number of piperazine rings is 1. The van der Waals surface area contributed by atoms with Crippen LogP contribution in [-0.2, 0) is 0 Å². The van der Waals surface area contributed by atoms with Crippen LogP contribution in [0.15, 0.2) is 30.3 Å². The summed E-state index contributed by atoms with van der Waals surface area (Å²) in [6.07, 6.45) is 10.6. The number of aromatic nitrogens is 3. The molecule has 8 nitrogen and oxygen atoms in total. The van der Waals surface area contributed by atoms with E-state index in [4.69, 9.17) is 25.9 Å². The first-order chi connectivity index (χ1) is 22.4. The number of pyridine rings is 1. The molecule has 0 bridgehead atoms. The van der Waals surface area contributed by atoms with Crippen molar-refractivity contribution in [1.29, 1.82) is 0 Å². The smallest absolute Gasteiger partial charge is 0.319 e. The first-order valence-corrected chi connectivity index (χ1v) is 16.5. The third-order valence-electron chi connectivity index (χ3n) is 9.55. The van der Waals surface area contributed by atoms with Crippen LogP contribution < -0.4 is 19.7 Å². The van der Waals surface area contributed by atoms with Crippen LogP contribution in [0, 0.1) is 24.0 Å². The average Bonchev–Trinajstić information content (AvgIpc) is 3.44. The fourth-order valence-electron chi connectivity index (χ4n) is 7.25. The van der Waals surface area contributed by atoms with Crippen LogP contribution in [0.4, 0.5) is 14.6 Å². The average molecular weight is 629 g/mol. The number of fused-ring (bicyclic) bond motifs is 3. The highest BCUT2D eigenvalue weighted by atomic mass is 19.1. The van der Waals surface area contributed by atoms with Crippen molar-refractivity contribution in [3.8, 4) is 35.5 Å². The van der Waals surface area contributed by atoms with Gasteiger partial charge in [-0.25, -0.2) is 13.8 Å². The van der Waals surface area contributed by atoms with Gasteiger partial charge in [-0.2, -0.15) is 9.97 Å². The third kappa shape index (κ3) is 5.50. The van der Waals surface area contributed by atoms with Gasteiger partial charge in [-0.1, -0.05) is 57.4 Å². The Kier molecular flexibility index (Phi) is 9.25. The highest BCUT2D eigenvalue weighted by Gasteiger charge is 2.39. The molecule has 2 aromatic carbocycles. The molecule has 2 aromatic heterocycles. The molecule has 4 aromatic rings. The predicted octanol–water partition coefficient (Wildman–Crippen LogP) is 6.33. The number of terminal acetylenes is 1. The number of likely N-dealkylation sites (tertiary alicyclic amines) is 1. The van der Waals surface area contributed by atoms with Crippen LogP contribution in [-0.4, -0.2) is 77.9 Å². The van der Waals surface area contributed by atoms with Crippen molar-refractivity contribution in [2.24, 2.45) is 0 Å². The molecule has 2 unspecified atom stereocenters. The number of halogens is 2. The Morgan fingerprint density at radius 2 is 1.98 bits per heavy atom. The SMILES string of the molecule is C#Cc1c(F)ccc2cccc(-c3nc4c5c(nc(OCC6(CCC)CCCN6C)nc5c3F)N3CCNCC3CCO4)c12.CC. The fraction of sp³-hybridized carbons (Fsp3) is 0.472. The van der Waals surface area contributed by atoms with Gasteiger partial charge in [0.05, 0.1) is 17.7 Å². The second-order valence-corrected chi connectivity index (χ2v) is 12.1. The van der Waals surface area contributed by atoms with E-state index in [-0.39, 0.29) is 40.2 Å². The summed E-state index contributed by atoms with van der Waals surface area (Å²) in [5.41, 5.74) is 0.357. The van der Waals surface area contributed by atoms with Gasteiger partial charge in [0.1, 0.15) is 34.8 Å². The number of hydrogen-bond donors (Lipinski definition) is 1. The first kappa shape index (κ1) is 31.9. The number of anilines is 1. The molecular weight excluding hydrogens is 586 g/mol. The van der Waals surface area contributed by atoms with Crippen molar-refractivity contribution in [3.05, 3.63) is 47.5 Å². The molecule has 3 aliphatic rings. The van der Waals surface area contributed by atoms with Gasteiger partial charge in [-0.05, 0) is 44.3 Å². The van der Waals surface area contributed by atoms with Crippen LogP contribution in [0.3, 0.4) is 0 Å². The van der Waals surface area contributed by atoms with Crippen LogP contribution in [0.5, 0.6) is 11.9 Å². The minimum Gasteiger partial charge on any atom is -0.477 e. The van der Waals surface area contributed by atoms with Gasteiger partial charge in [-0.15, -0.1) is 6.42 Å². The van der Waals surface area contributed by atoms with E-state index in [1.54, 1.807) is 18.2 Å². The van der Waals surface area contributed by atoms with Crippen molar-refractivity contribution in [3.63, 3.8) is 0 Å². The summed E-state index contributed by atoms with van der Waals surface area (Å²) in [7, 11) is 2.13. The lowest BCUT2D eigenvalue weighted by Gasteiger charge is -2.39. The largest absolute Gasteiger partial charge is 0.477 e. The van der Waals surface area contributed by atoms with Crippen molar-refractivity contribution < 1.29 is 18.3 Å². The molecule has 7 rings (SSSR count). The highest BCUT2D eigenvalue weighted by molar-refractivity contribution is 6.03. The topological polar surface area (TPSA) is 75.6 Å². The molecule has 2 atom stereocenters. The molecule has 46 heavy (non-hydrogen) atoms. The van der Waals surface area contributed by atoms with Gasteiger partial charge in [0.2, 0.25) is 5.88 Å². The van der Waals surface area contributed by atoms with E-state index in [0.29, 0.717) is 47.3 Å². The van der Waals surface area contributed by atoms with E-state index in [2.05, 4.69) is 40.0 Å². The Morgan fingerprint density at radius 3 is 2.74 bits per heavy atom. The third-order valence-corrected chi connectivity index (χ3v) is 9.55. The zero-order chi connectivity index (χ0) is 32.4. The van der Waals surface area contributed by atoms with Gasteiger partial charge in [0.25, 0.3) is 0 Å². The van der Waals surface area contributed by atoms with E-state index in [9.17, 15) is 4.39 Å². The maximum absolute atomic E-state index is 16.9. The number of rotatable bonds is 6. The van der Waals surface area contributed by atoms with E-state index in [1.165, 1.54) is 6.07 Å². The monoisotopic (exact) mass is 628 g/mol. The number of nitrogens with one attached hydrogen (secondary N) is 1. The van der Waals surface area contributed by atoms with Gasteiger partial charge in [-0.3, -0.25) is 4.90 Å². The van der Waals surface area contributed by atoms with Gasteiger partial charge in [0.15, 0.2) is 5.82 Å². The lowest BCUT2D eigenvalue weighted by atomic mass is 9.92. The van der Waals surface area contributed by atoms with Crippen LogP contribution >= 0.6 is 0 Å². The van der Waals surface area contributed by atoms with Gasteiger partial charge in [0, 0.05) is 43.0 Å². The number of hydrogen-bond acceptors (Lipinski definition) is 8. The quantitative estimate of drug-likeness (QED) is 0.248. The Bertz CT molecular complexity index is 1790. The zero-order valence-corrected chi connectivity index (χ0v) is 27.1. The van der Waals surface area contributed by atoms with Crippen molar-refractivity contribution in [2.75, 3.05) is 51.3 Å². The molecule has 10 heteroatoms. The maximum atomic E-state index is 16.9. The number of nitrogens with zero attached hydrogens (tertiary/aromatic N) is 5. The lowest BCUT2D eigenvalue weighted by Crippen LogP contribution is -2.52. The lowest BCUT2D eigenvalue weighted by molar-refractivity contribution is 0.0828. The molecule has 0 aliphatic carbocycles. The molecule has 3 aliphatic heterocycles. The molecule has 0 spiro atoms. The maximum Gasteiger partial charge on any atom is 0.319 e. The van der Waals surface area contributed by atoms with E-state index in [0.717, 1.165) is 51.7 Å². The van der Waals surface area contributed by atoms with Crippen LogP contribution in [0.2, 0.25) is 0 Å². The Balaban J connectivity index is 0.00000182. The first-order valence-electron chi connectivity index (χ1n) is 16.5. The predicted molar refractivity (Wildman–Crippen MR) is 179 cm³/mol. The molecule has 2 saturated heterocycles. The van der Waals surface area contributed by atoms with Crippen molar-refractivity contribution in [1.82, 2.24) is 25.2 Å². The normalized spacial score (nSPS) is 21.1. The second-order valence-electron chi connectivity index (χ2n) is 12.1. The molecule has 0 amide bonds. The molecule has 1 N–H and O–H groups in total. The van der Waals surface area contributed by atoms with Crippen molar-refractivity contribution >= 4 is 27.5 Å². The summed E-state index contributed by atoms with van der Waals surface area (Å²) in [6.45, 7) is 10.2. The summed E-state index contributed by atoms with van der Waals surface area (Å²) in [6, 6.07) is 8.48. The molecular formula is C36H42F2N6O2. The molecule has 0 saturated carbocycles. The van der Waals surface area contributed by atoms with E-state index in [1.807, 2.05) is 19.9 Å². The van der Waals surface area contributed by atoms with Crippen LogP contribution in [0.25, 0.3) is 32.9 Å². The minimum atomic E-state index is -0.658. The zero-order valence-electron chi connectivity index (χ0n) is 27.1. The van der Waals surface area contributed by atoms with Crippen LogP contribution in [0.1, 0.15) is 58.4 Å². The van der Waals surface area contributed by atoms with E-state index < -0.39 is 11.6 Å². The molecule has 242 valence electrons. The number of ether oxygens (including phenoxy) is 2. The molecule has 0 radical (unpaired) electrons. The number of benzene rings is 2. The van der Waals surface area contributed by atoms with E-state index >= 15 is 4.39 Å². The summed E-state index contributed by atoms with van der Waals surface area (Å²) < 4.78 is 44.4. The summed E-state index contributed by atoms with van der Waals surface area (Å²) in [5.74, 6) is 2.04. The Hall–Kier alpha value is -4.07. The Morgan fingerprint density at radius 1 is 1.13 bits per heavy atom.